The van der Waals surface area contributed by atoms with Crippen molar-refractivity contribution in [3.8, 4) is 5.75 Å². The Bertz CT molecular complexity index is 1000. The van der Waals surface area contributed by atoms with Crippen LogP contribution in [0.3, 0.4) is 0 Å². The number of rotatable bonds is 5. The molecule has 4 nitrogen and oxygen atoms in total. The number of carbonyl (C=O) groups excluding carboxylic acids is 1. The number of amides is 1. The number of aromatic nitrogens is 1. The zero-order chi connectivity index (χ0) is 18.7. The second-order valence-electron chi connectivity index (χ2n) is 6.10. The Morgan fingerprint density at radius 1 is 1.23 bits per heavy atom. The first-order chi connectivity index (χ1) is 12.5. The molecule has 0 radical (unpaired) electrons. The number of hydrogen-bond acceptors (Lipinski definition) is 4. The lowest BCUT2D eigenvalue weighted by atomic mass is 10.1. The smallest absolute Gasteiger partial charge is 0.279 e. The molecular weight excluding hydrogens is 364 g/mol. The number of hydrogen-bond donors (Lipinski definition) is 0. The van der Waals surface area contributed by atoms with Crippen LogP contribution < -0.4 is 9.54 Å². The van der Waals surface area contributed by atoms with E-state index in [9.17, 15) is 4.79 Å². The maximum atomic E-state index is 12.6. The molecule has 1 aromatic heterocycles. The summed E-state index contributed by atoms with van der Waals surface area (Å²) in [5.74, 6) is 1.47. The number of aryl methyl sites for hydroxylation is 3. The van der Waals surface area contributed by atoms with Gasteiger partial charge in [-0.2, -0.15) is 16.8 Å². The van der Waals surface area contributed by atoms with E-state index in [0.717, 1.165) is 28.4 Å². The highest BCUT2D eigenvalue weighted by Crippen LogP contribution is 2.24. The van der Waals surface area contributed by atoms with Crippen molar-refractivity contribution >= 4 is 39.2 Å². The van der Waals surface area contributed by atoms with Gasteiger partial charge in [-0.05, 0) is 61.6 Å². The molecule has 3 aromatic rings. The summed E-state index contributed by atoms with van der Waals surface area (Å²) in [6.45, 7) is 5.04. The molecule has 0 bridgehead atoms. The van der Waals surface area contributed by atoms with Gasteiger partial charge in [-0.3, -0.25) is 4.79 Å². The van der Waals surface area contributed by atoms with Gasteiger partial charge in [0.25, 0.3) is 5.91 Å². The number of nitrogens with zero attached hydrogens (tertiary/aromatic N) is 2. The van der Waals surface area contributed by atoms with Gasteiger partial charge in [0.05, 0.1) is 17.3 Å². The van der Waals surface area contributed by atoms with Gasteiger partial charge in [-0.25, -0.2) is 0 Å². The van der Waals surface area contributed by atoms with Crippen LogP contribution in [0.15, 0.2) is 41.4 Å². The summed E-state index contributed by atoms with van der Waals surface area (Å²) < 4.78 is 8.51. The van der Waals surface area contributed by atoms with Crippen molar-refractivity contribution in [1.29, 1.82) is 0 Å². The summed E-state index contributed by atoms with van der Waals surface area (Å²) in [4.78, 5) is 17.8. The lowest BCUT2D eigenvalue weighted by Crippen LogP contribution is -2.18. The number of fused-ring (bicyclic) bond motifs is 1. The molecule has 0 aliphatic heterocycles. The molecule has 1 heterocycles. The molecule has 0 saturated heterocycles. The Morgan fingerprint density at radius 3 is 2.62 bits per heavy atom. The molecule has 136 valence electrons. The molecule has 2 aromatic carbocycles. The summed E-state index contributed by atoms with van der Waals surface area (Å²) in [5.41, 5.74) is 4.16. The van der Waals surface area contributed by atoms with Gasteiger partial charge in [0, 0.05) is 17.9 Å². The molecule has 0 unspecified atom stereocenters. The zero-order valence-corrected chi connectivity index (χ0v) is 17.0. The Morgan fingerprint density at radius 2 is 1.96 bits per heavy atom. The lowest BCUT2D eigenvalue weighted by Gasteiger charge is -2.05. The largest absolute Gasteiger partial charge is 0.497 e. The minimum atomic E-state index is -0.230. The van der Waals surface area contributed by atoms with E-state index in [2.05, 4.69) is 41.8 Å². The minimum absolute atomic E-state index is 0.230. The third-order valence-electron chi connectivity index (χ3n) is 4.17. The predicted molar refractivity (Wildman–Crippen MR) is 111 cm³/mol. The van der Waals surface area contributed by atoms with Crippen LogP contribution in [-0.4, -0.2) is 29.6 Å². The first-order valence-corrected chi connectivity index (χ1v) is 10.6. The van der Waals surface area contributed by atoms with Crippen LogP contribution in [0.4, 0.5) is 0 Å². The third kappa shape index (κ3) is 3.86. The van der Waals surface area contributed by atoms with Crippen molar-refractivity contribution in [3.05, 3.63) is 57.9 Å². The van der Waals surface area contributed by atoms with Crippen molar-refractivity contribution in [2.45, 2.75) is 20.4 Å². The Labute approximate surface area is 161 Å². The van der Waals surface area contributed by atoms with E-state index >= 15 is 0 Å². The molecule has 1 amide bonds. The van der Waals surface area contributed by atoms with Gasteiger partial charge in [-0.15, -0.1) is 0 Å². The van der Waals surface area contributed by atoms with Gasteiger partial charge in [0.1, 0.15) is 5.75 Å². The van der Waals surface area contributed by atoms with Crippen molar-refractivity contribution < 1.29 is 9.53 Å². The van der Waals surface area contributed by atoms with Crippen LogP contribution in [0.1, 0.15) is 21.5 Å². The minimum Gasteiger partial charge on any atom is -0.497 e. The number of benzene rings is 2. The fraction of sp³-hybridized carbons (Fsp3) is 0.300. The molecule has 0 aliphatic rings. The maximum Gasteiger partial charge on any atom is 0.279 e. The molecule has 0 aliphatic carbocycles. The van der Waals surface area contributed by atoms with Crippen LogP contribution >= 0.6 is 23.1 Å². The van der Waals surface area contributed by atoms with Crippen molar-refractivity contribution in [3.63, 3.8) is 0 Å². The topological polar surface area (TPSA) is 43.6 Å². The van der Waals surface area contributed by atoms with E-state index in [1.807, 2.05) is 0 Å². The number of thioether (sulfide) groups is 1. The summed E-state index contributed by atoms with van der Waals surface area (Å²) in [6, 6.07) is 11.4. The van der Waals surface area contributed by atoms with Gasteiger partial charge in [0.15, 0.2) is 4.80 Å². The predicted octanol–water partition coefficient (Wildman–Crippen LogP) is 4.43. The van der Waals surface area contributed by atoms with Crippen LogP contribution in [0.2, 0.25) is 0 Å². The second kappa shape index (κ2) is 8.10. The standard InChI is InChI=1S/C20H22N2O2S2/c1-13-11-14(2)18-17(12-13)22(9-10-25-4)20(26-18)21-19(23)15-5-7-16(24-3)8-6-15/h5-8,11-12H,9-10H2,1-4H3. The van der Waals surface area contributed by atoms with E-state index in [4.69, 9.17) is 4.74 Å². The normalized spacial score (nSPS) is 11.9. The van der Waals surface area contributed by atoms with Gasteiger partial charge in [0.2, 0.25) is 0 Å². The number of methoxy groups -OCH3 is 1. The third-order valence-corrected chi connectivity index (χ3v) is 5.99. The summed E-state index contributed by atoms with van der Waals surface area (Å²) in [6.07, 6.45) is 2.09. The van der Waals surface area contributed by atoms with Crippen LogP contribution in [-0.2, 0) is 6.54 Å². The fourth-order valence-electron chi connectivity index (χ4n) is 2.88. The number of thiazole rings is 1. The average Bonchev–Trinajstić information content (AvgIpc) is 2.97. The molecule has 6 heteroatoms. The van der Waals surface area contributed by atoms with E-state index in [0.29, 0.717) is 5.56 Å². The molecule has 26 heavy (non-hydrogen) atoms. The molecule has 0 fully saturated rings. The van der Waals surface area contributed by atoms with Gasteiger partial charge >= 0.3 is 0 Å². The monoisotopic (exact) mass is 386 g/mol. The highest BCUT2D eigenvalue weighted by molar-refractivity contribution is 7.98. The lowest BCUT2D eigenvalue weighted by molar-refractivity contribution is 0.0998. The Balaban J connectivity index is 2.10. The number of ether oxygens (including phenoxy) is 1. The van der Waals surface area contributed by atoms with E-state index in [1.165, 1.54) is 15.8 Å². The first-order valence-electron chi connectivity index (χ1n) is 8.36. The van der Waals surface area contributed by atoms with E-state index in [-0.39, 0.29) is 5.91 Å². The summed E-state index contributed by atoms with van der Waals surface area (Å²) >= 11 is 3.37. The highest BCUT2D eigenvalue weighted by Gasteiger charge is 2.11. The van der Waals surface area contributed by atoms with Gasteiger partial charge in [-0.1, -0.05) is 17.4 Å². The van der Waals surface area contributed by atoms with Crippen LogP contribution in [0.25, 0.3) is 10.2 Å². The zero-order valence-electron chi connectivity index (χ0n) is 15.4. The molecule has 0 N–H and O–H groups in total. The van der Waals surface area contributed by atoms with Crippen molar-refractivity contribution in [2.75, 3.05) is 19.1 Å². The van der Waals surface area contributed by atoms with Crippen molar-refractivity contribution in [1.82, 2.24) is 4.57 Å². The molecule has 0 spiro atoms. The van der Waals surface area contributed by atoms with Crippen LogP contribution in [0, 0.1) is 13.8 Å². The van der Waals surface area contributed by atoms with Crippen LogP contribution in [0.5, 0.6) is 5.75 Å². The maximum absolute atomic E-state index is 12.6. The number of carbonyl (C=O) groups is 1. The van der Waals surface area contributed by atoms with Crippen molar-refractivity contribution in [2.24, 2.45) is 4.99 Å². The summed E-state index contributed by atoms with van der Waals surface area (Å²) in [7, 11) is 1.61. The summed E-state index contributed by atoms with van der Waals surface area (Å²) in [5, 5.41) is 0. The van der Waals surface area contributed by atoms with E-state index < -0.39 is 0 Å². The molecular formula is C20H22N2O2S2. The highest BCUT2D eigenvalue weighted by atomic mass is 32.2. The molecule has 0 atom stereocenters. The first kappa shape index (κ1) is 18.7. The average molecular weight is 387 g/mol. The quantitative estimate of drug-likeness (QED) is 0.651. The van der Waals surface area contributed by atoms with E-state index in [1.54, 1.807) is 54.5 Å². The van der Waals surface area contributed by atoms with Gasteiger partial charge < -0.3 is 9.30 Å². The SMILES string of the molecule is COc1ccc(C(=O)N=c2sc3c(C)cc(C)cc3n2CCSC)cc1. The Hall–Kier alpha value is -2.05. The molecule has 3 rings (SSSR count). The Kier molecular flexibility index (Phi) is 5.84. The fourth-order valence-corrected chi connectivity index (χ4v) is 4.35. The molecule has 0 saturated carbocycles. The second-order valence-corrected chi connectivity index (χ2v) is 8.07.